The van der Waals surface area contributed by atoms with Gasteiger partial charge < -0.3 is 5.73 Å². The average molecular weight is 162 g/mol. The van der Waals surface area contributed by atoms with Crippen LogP contribution in [0.3, 0.4) is 0 Å². The summed E-state index contributed by atoms with van der Waals surface area (Å²) >= 11 is 0. The third-order valence-electron chi connectivity index (χ3n) is 2.61. The van der Waals surface area contributed by atoms with Crippen molar-refractivity contribution in [3.8, 4) is 0 Å². The van der Waals surface area contributed by atoms with Gasteiger partial charge in [-0.2, -0.15) is 0 Å². The highest BCUT2D eigenvalue weighted by molar-refractivity contribution is 5.40. The summed E-state index contributed by atoms with van der Waals surface area (Å²) in [5.74, 6) is 0. The molecule has 1 aliphatic carbocycles. The maximum Gasteiger partial charge on any atom is 0.0417 e. The molecule has 0 aromatic carbocycles. The fourth-order valence-electron chi connectivity index (χ4n) is 1.87. The summed E-state index contributed by atoms with van der Waals surface area (Å²) in [6.45, 7) is 4.17. The van der Waals surface area contributed by atoms with Crippen LogP contribution < -0.4 is 5.73 Å². The average Bonchev–Trinajstić information content (AvgIpc) is 2.68. The van der Waals surface area contributed by atoms with Gasteiger partial charge in [-0.3, -0.25) is 4.98 Å². The number of rotatable bonds is 1. The van der Waals surface area contributed by atoms with Crippen LogP contribution in [0, 0.1) is 13.8 Å². The van der Waals surface area contributed by atoms with E-state index in [1.54, 1.807) is 0 Å². The summed E-state index contributed by atoms with van der Waals surface area (Å²) in [6.07, 6.45) is 6.04. The molecule has 0 unspecified atom stereocenters. The first-order chi connectivity index (χ1) is 5.63. The van der Waals surface area contributed by atoms with Crippen LogP contribution in [0.1, 0.15) is 29.5 Å². The number of hydrogen-bond acceptors (Lipinski definition) is 2. The molecule has 0 atom stereocenters. The standard InChI is InChI=1S/C10H14N2/c1-7-5-12-6-8(2)9(7)10(11)3-4-10/h5-6H,3-4,11H2,1-2H3. The first-order valence-electron chi connectivity index (χ1n) is 4.34. The molecule has 2 rings (SSSR count). The van der Waals surface area contributed by atoms with Crippen LogP contribution in [0.15, 0.2) is 12.4 Å². The Balaban J connectivity index is 2.55. The monoisotopic (exact) mass is 162 g/mol. The molecule has 2 nitrogen and oxygen atoms in total. The van der Waals surface area contributed by atoms with Crippen molar-refractivity contribution < 1.29 is 0 Å². The van der Waals surface area contributed by atoms with Gasteiger partial charge in [0.2, 0.25) is 0 Å². The fourth-order valence-corrected chi connectivity index (χ4v) is 1.87. The zero-order valence-electron chi connectivity index (χ0n) is 7.59. The van der Waals surface area contributed by atoms with Crippen LogP contribution >= 0.6 is 0 Å². The molecule has 0 radical (unpaired) electrons. The van der Waals surface area contributed by atoms with Crippen molar-refractivity contribution in [3.05, 3.63) is 29.1 Å². The van der Waals surface area contributed by atoms with Crippen LogP contribution in [-0.4, -0.2) is 4.98 Å². The second-order valence-corrected chi connectivity index (χ2v) is 3.80. The molecule has 0 spiro atoms. The van der Waals surface area contributed by atoms with Crippen molar-refractivity contribution in [2.75, 3.05) is 0 Å². The van der Waals surface area contributed by atoms with Crippen molar-refractivity contribution in [2.24, 2.45) is 5.73 Å². The van der Waals surface area contributed by atoms with Crippen molar-refractivity contribution >= 4 is 0 Å². The lowest BCUT2D eigenvalue weighted by Crippen LogP contribution is -2.21. The van der Waals surface area contributed by atoms with Gasteiger partial charge in [-0.05, 0) is 43.4 Å². The van der Waals surface area contributed by atoms with Crippen molar-refractivity contribution in [1.82, 2.24) is 4.98 Å². The van der Waals surface area contributed by atoms with Crippen molar-refractivity contribution in [3.63, 3.8) is 0 Å². The van der Waals surface area contributed by atoms with Gasteiger partial charge in [0.05, 0.1) is 0 Å². The minimum Gasteiger partial charge on any atom is -0.321 e. The maximum absolute atomic E-state index is 6.14. The predicted octanol–water partition coefficient (Wildman–Crippen LogP) is 1.65. The topological polar surface area (TPSA) is 38.9 Å². The van der Waals surface area contributed by atoms with E-state index in [4.69, 9.17) is 5.73 Å². The molecule has 0 amide bonds. The van der Waals surface area contributed by atoms with E-state index in [-0.39, 0.29) is 5.54 Å². The number of nitrogens with zero attached hydrogens (tertiary/aromatic N) is 1. The molecule has 0 bridgehead atoms. The number of hydrogen-bond donors (Lipinski definition) is 1. The molecule has 2 N–H and O–H groups in total. The molecule has 1 heterocycles. The van der Waals surface area contributed by atoms with Gasteiger partial charge in [0.15, 0.2) is 0 Å². The van der Waals surface area contributed by atoms with E-state index in [2.05, 4.69) is 18.8 Å². The van der Waals surface area contributed by atoms with E-state index in [0.717, 1.165) is 12.8 Å². The summed E-state index contributed by atoms with van der Waals surface area (Å²) in [4.78, 5) is 4.13. The highest BCUT2D eigenvalue weighted by atomic mass is 14.8. The maximum atomic E-state index is 6.14. The summed E-state index contributed by atoms with van der Waals surface area (Å²) in [7, 11) is 0. The Kier molecular flexibility index (Phi) is 1.48. The van der Waals surface area contributed by atoms with E-state index in [0.29, 0.717) is 0 Å². The summed E-state index contributed by atoms with van der Waals surface area (Å²) in [6, 6.07) is 0. The molecular formula is C10H14N2. The minimum atomic E-state index is -0.0168. The normalized spacial score (nSPS) is 19.2. The summed E-state index contributed by atoms with van der Waals surface area (Å²) in [5.41, 5.74) is 9.91. The van der Waals surface area contributed by atoms with Gasteiger partial charge in [-0.1, -0.05) is 0 Å². The third-order valence-corrected chi connectivity index (χ3v) is 2.61. The van der Waals surface area contributed by atoms with Crippen LogP contribution in [0.5, 0.6) is 0 Å². The molecular weight excluding hydrogens is 148 g/mol. The Labute approximate surface area is 72.8 Å². The Morgan fingerprint density at radius 3 is 2.17 bits per heavy atom. The molecule has 12 heavy (non-hydrogen) atoms. The molecule has 1 fully saturated rings. The van der Waals surface area contributed by atoms with E-state index in [9.17, 15) is 0 Å². The van der Waals surface area contributed by atoms with E-state index in [1.165, 1.54) is 16.7 Å². The van der Waals surface area contributed by atoms with E-state index >= 15 is 0 Å². The third kappa shape index (κ3) is 1.03. The number of nitrogens with two attached hydrogens (primary N) is 1. The number of aromatic nitrogens is 1. The second-order valence-electron chi connectivity index (χ2n) is 3.80. The van der Waals surface area contributed by atoms with Crippen LogP contribution in [0.25, 0.3) is 0 Å². The molecule has 1 aromatic rings. The molecule has 0 aliphatic heterocycles. The fraction of sp³-hybridized carbons (Fsp3) is 0.500. The predicted molar refractivity (Wildman–Crippen MR) is 48.8 cm³/mol. The lowest BCUT2D eigenvalue weighted by molar-refractivity contribution is 0.723. The zero-order valence-corrected chi connectivity index (χ0v) is 7.59. The van der Waals surface area contributed by atoms with E-state index < -0.39 is 0 Å². The lowest BCUT2D eigenvalue weighted by atomic mass is 9.97. The summed E-state index contributed by atoms with van der Waals surface area (Å²) < 4.78 is 0. The number of pyridine rings is 1. The van der Waals surface area contributed by atoms with Crippen molar-refractivity contribution in [1.29, 1.82) is 0 Å². The SMILES string of the molecule is Cc1cncc(C)c1C1(N)CC1. The highest BCUT2D eigenvalue weighted by Gasteiger charge is 2.41. The summed E-state index contributed by atoms with van der Waals surface area (Å²) in [5, 5.41) is 0. The largest absolute Gasteiger partial charge is 0.321 e. The Bertz CT molecular complexity index is 293. The molecule has 64 valence electrons. The minimum absolute atomic E-state index is 0.0168. The first kappa shape index (κ1) is 7.74. The van der Waals surface area contributed by atoms with Gasteiger partial charge in [-0.15, -0.1) is 0 Å². The van der Waals surface area contributed by atoms with Crippen molar-refractivity contribution in [2.45, 2.75) is 32.2 Å². The molecule has 1 aliphatic rings. The Hall–Kier alpha value is -0.890. The smallest absolute Gasteiger partial charge is 0.0417 e. The number of aryl methyl sites for hydroxylation is 2. The molecule has 2 heteroatoms. The lowest BCUT2D eigenvalue weighted by Gasteiger charge is -2.14. The zero-order chi connectivity index (χ0) is 8.77. The second kappa shape index (κ2) is 2.30. The quantitative estimate of drug-likeness (QED) is 0.682. The molecule has 0 saturated heterocycles. The Morgan fingerprint density at radius 2 is 1.75 bits per heavy atom. The van der Waals surface area contributed by atoms with Gasteiger partial charge in [0, 0.05) is 17.9 Å². The van der Waals surface area contributed by atoms with Gasteiger partial charge in [0.25, 0.3) is 0 Å². The van der Waals surface area contributed by atoms with Gasteiger partial charge in [0.1, 0.15) is 0 Å². The van der Waals surface area contributed by atoms with E-state index in [1.807, 2.05) is 12.4 Å². The van der Waals surface area contributed by atoms with Crippen LogP contribution in [-0.2, 0) is 5.54 Å². The highest BCUT2D eigenvalue weighted by Crippen LogP contribution is 2.44. The molecule has 1 saturated carbocycles. The van der Waals surface area contributed by atoms with Crippen LogP contribution in [0.4, 0.5) is 0 Å². The van der Waals surface area contributed by atoms with Crippen LogP contribution in [0.2, 0.25) is 0 Å². The molecule has 1 aromatic heterocycles. The van der Waals surface area contributed by atoms with Gasteiger partial charge in [-0.25, -0.2) is 0 Å². The van der Waals surface area contributed by atoms with Gasteiger partial charge >= 0.3 is 0 Å². The first-order valence-corrected chi connectivity index (χ1v) is 4.34. The Morgan fingerprint density at radius 1 is 1.25 bits per heavy atom.